The number of hydrogen-bond acceptors (Lipinski definition) is 5. The zero-order chi connectivity index (χ0) is 28.0. The van der Waals surface area contributed by atoms with Crippen molar-refractivity contribution in [3.05, 3.63) is 120 Å². The van der Waals surface area contributed by atoms with Crippen molar-refractivity contribution in [1.29, 1.82) is 0 Å². The minimum atomic E-state index is -2.78. The third-order valence-electron chi connectivity index (χ3n) is 6.86. The first-order chi connectivity index (χ1) is 19.4. The minimum Gasteiger partial charge on any atom is -0.362 e. The Morgan fingerprint density at radius 2 is 1.90 bits per heavy atom. The van der Waals surface area contributed by atoms with E-state index in [1.807, 2.05) is 71.2 Å². The maximum atomic E-state index is 14.5. The van der Waals surface area contributed by atoms with E-state index < -0.39 is 9.71 Å². The van der Waals surface area contributed by atoms with Gasteiger partial charge in [-0.25, -0.2) is 8.51 Å². The summed E-state index contributed by atoms with van der Waals surface area (Å²) in [6, 6.07) is 26.0. The summed E-state index contributed by atoms with van der Waals surface area (Å²) < 4.78 is 17.2. The predicted octanol–water partition coefficient (Wildman–Crippen LogP) is 6.17. The number of likely N-dealkylation sites (N-methyl/N-ethyl adjacent to an activating group) is 1. The van der Waals surface area contributed by atoms with Crippen molar-refractivity contribution in [2.75, 3.05) is 18.9 Å². The molecule has 0 aliphatic carbocycles. The van der Waals surface area contributed by atoms with Crippen LogP contribution in [0.4, 0.5) is 5.69 Å². The highest BCUT2D eigenvalue weighted by atomic mass is 32.2. The molecule has 4 aromatic rings. The quantitative estimate of drug-likeness (QED) is 0.177. The van der Waals surface area contributed by atoms with Crippen molar-refractivity contribution in [3.63, 3.8) is 0 Å². The molecule has 0 fully saturated rings. The number of aromatic nitrogens is 1. The number of hydrogen-bond donors (Lipinski definition) is 2. The highest BCUT2D eigenvalue weighted by molar-refractivity contribution is 8.00. The second kappa shape index (κ2) is 12.5. The van der Waals surface area contributed by atoms with Gasteiger partial charge in [-0.15, -0.1) is 11.3 Å². The maximum absolute atomic E-state index is 14.5. The number of nitrogens with zero attached hydrogens (tertiary/aromatic N) is 2. The lowest BCUT2D eigenvalue weighted by Crippen LogP contribution is -2.32. The van der Waals surface area contributed by atoms with E-state index >= 15 is 0 Å². The number of pyridine rings is 1. The van der Waals surface area contributed by atoms with Gasteiger partial charge in [0.25, 0.3) is 0 Å². The lowest BCUT2D eigenvalue weighted by atomic mass is 9.92. The van der Waals surface area contributed by atoms with Crippen LogP contribution in [0.5, 0.6) is 0 Å². The summed E-state index contributed by atoms with van der Waals surface area (Å²) in [5.74, 6) is 4.34. The van der Waals surface area contributed by atoms with Gasteiger partial charge in [-0.2, -0.15) is 0 Å². The van der Waals surface area contributed by atoms with Gasteiger partial charge in [0.05, 0.1) is 24.5 Å². The predicted molar refractivity (Wildman–Crippen MR) is 168 cm³/mol. The maximum Gasteiger partial charge on any atom is 0.243 e. The van der Waals surface area contributed by atoms with Gasteiger partial charge in [0, 0.05) is 44.0 Å². The number of carbonyl (C=O) groups is 1. The summed E-state index contributed by atoms with van der Waals surface area (Å²) in [6.07, 6.45) is 10.0. The average molecular weight is 569 g/mol. The molecule has 0 saturated carbocycles. The first kappa shape index (κ1) is 27.6. The fourth-order valence-electron chi connectivity index (χ4n) is 4.63. The van der Waals surface area contributed by atoms with Crippen molar-refractivity contribution in [1.82, 2.24) is 14.6 Å². The number of rotatable bonds is 10. The molecule has 2 unspecified atom stereocenters. The van der Waals surface area contributed by atoms with E-state index in [1.54, 1.807) is 19.3 Å². The van der Waals surface area contributed by atoms with E-state index in [9.17, 15) is 9.00 Å². The van der Waals surface area contributed by atoms with Crippen LogP contribution >= 0.6 is 11.3 Å². The van der Waals surface area contributed by atoms with Crippen LogP contribution < -0.4 is 10.6 Å². The number of nitrogens with one attached hydrogen (secondary N) is 2. The van der Waals surface area contributed by atoms with E-state index in [0.29, 0.717) is 13.1 Å². The molecule has 2 atom stereocenters. The number of fused-ring (bicyclic) bond motifs is 1. The molecule has 8 heteroatoms. The molecule has 3 heterocycles. The van der Waals surface area contributed by atoms with Crippen molar-refractivity contribution in [2.24, 2.45) is 0 Å². The minimum absolute atomic E-state index is 0.151. The molecular weight excluding hydrogens is 537 g/mol. The van der Waals surface area contributed by atoms with Crippen LogP contribution in [0.3, 0.4) is 0 Å². The molecule has 5 rings (SSSR count). The number of thiophene rings is 1. The van der Waals surface area contributed by atoms with E-state index in [1.165, 1.54) is 23.0 Å². The zero-order valence-corrected chi connectivity index (χ0v) is 24.0. The summed E-state index contributed by atoms with van der Waals surface area (Å²) in [4.78, 5) is 17.0. The monoisotopic (exact) mass is 568 g/mol. The number of benzene rings is 2. The lowest BCUT2D eigenvalue weighted by Gasteiger charge is -2.28. The Morgan fingerprint density at radius 1 is 1.10 bits per heavy atom. The molecule has 2 N–H and O–H groups in total. The van der Waals surface area contributed by atoms with E-state index in [4.69, 9.17) is 0 Å². The summed E-state index contributed by atoms with van der Waals surface area (Å²) in [5, 5.41) is 5.90. The molecular formula is C32H32N4O2S2. The van der Waals surface area contributed by atoms with Gasteiger partial charge in [0.1, 0.15) is 0 Å². The average Bonchev–Trinajstić information content (AvgIpc) is 3.50. The molecule has 0 spiro atoms. The third kappa shape index (κ3) is 6.42. The van der Waals surface area contributed by atoms with Gasteiger partial charge >= 0.3 is 0 Å². The van der Waals surface area contributed by atoms with Gasteiger partial charge in [-0.3, -0.25) is 9.78 Å². The fourth-order valence-corrected chi connectivity index (χ4v) is 7.75. The van der Waals surface area contributed by atoms with Crippen LogP contribution in [0.25, 0.3) is 16.6 Å². The van der Waals surface area contributed by atoms with Gasteiger partial charge in [-0.05, 0) is 71.6 Å². The number of anilines is 1. The first-order valence-corrected chi connectivity index (χ1v) is 15.6. The molecule has 6 nitrogen and oxygen atoms in total. The van der Waals surface area contributed by atoms with Crippen LogP contribution in [-0.4, -0.2) is 38.9 Å². The molecule has 0 bridgehead atoms. The third-order valence-corrected chi connectivity index (χ3v) is 10.7. The summed E-state index contributed by atoms with van der Waals surface area (Å²) in [6.45, 7) is 1.08. The second-order valence-electron chi connectivity index (χ2n) is 9.51. The number of amides is 1. The van der Waals surface area contributed by atoms with E-state index in [2.05, 4.69) is 45.8 Å². The normalized spacial score (nSPS) is 15.9. The molecule has 2 aromatic heterocycles. The Hall–Kier alpha value is -3.98. The summed E-state index contributed by atoms with van der Waals surface area (Å²) in [5.41, 5.74) is 5.15. The second-order valence-corrected chi connectivity index (χ2v) is 13.1. The van der Waals surface area contributed by atoms with Gasteiger partial charge in [0.2, 0.25) is 5.91 Å². The van der Waals surface area contributed by atoms with Crippen LogP contribution in [0, 0.1) is 0 Å². The summed E-state index contributed by atoms with van der Waals surface area (Å²) >= 11 is 1.48. The Kier molecular flexibility index (Phi) is 8.60. The van der Waals surface area contributed by atoms with Crippen LogP contribution in [0.2, 0.25) is 0 Å². The lowest BCUT2D eigenvalue weighted by molar-refractivity contribution is -0.115. The standard InChI is InChI=1S/C32H32N4O2S2/c1-33-31(37)16-14-24-10-12-25(13-11-24)23-36(22-19-26-18-21-35-28-8-4-3-7-27(26)28)40(2,38)32-17-15-30(39-32)29-9-5-6-20-34-29/h3-18,20-21,26,35H,2,19,22-23H2,1H3,(H,33,37)/b16-14+. The first-order valence-electron chi connectivity index (χ1n) is 13.1. The SMILES string of the molecule is C=S(=O)(c1ccc(-c2ccccn2)s1)N(CCC1C=CNc2ccccc21)Cc1ccc(/C=C/C(=O)NC)cc1. The van der Waals surface area contributed by atoms with Crippen LogP contribution in [0.1, 0.15) is 29.0 Å². The summed E-state index contributed by atoms with van der Waals surface area (Å²) in [7, 11) is -1.18. The molecule has 1 amide bonds. The number of carbonyl (C=O) groups excluding carboxylic acids is 1. The fraction of sp³-hybridized carbons (Fsp3) is 0.156. The Morgan fingerprint density at radius 3 is 2.67 bits per heavy atom. The molecule has 2 aromatic carbocycles. The van der Waals surface area contributed by atoms with Crippen molar-refractivity contribution < 1.29 is 9.00 Å². The Bertz CT molecular complexity index is 1620. The number of para-hydroxylation sites is 1. The molecule has 1 aliphatic rings. The van der Waals surface area contributed by atoms with Crippen LogP contribution in [0.15, 0.2) is 108 Å². The largest absolute Gasteiger partial charge is 0.362 e. The van der Waals surface area contributed by atoms with Gasteiger partial charge in [0.15, 0.2) is 0 Å². The molecule has 0 saturated heterocycles. The zero-order valence-electron chi connectivity index (χ0n) is 22.3. The molecule has 204 valence electrons. The highest BCUT2D eigenvalue weighted by Gasteiger charge is 2.24. The van der Waals surface area contributed by atoms with Crippen molar-refractivity contribution in [3.8, 4) is 10.6 Å². The Balaban J connectivity index is 1.40. The van der Waals surface area contributed by atoms with Gasteiger partial charge in [-0.1, -0.05) is 54.6 Å². The van der Waals surface area contributed by atoms with Crippen molar-refractivity contribution in [2.45, 2.75) is 23.1 Å². The highest BCUT2D eigenvalue weighted by Crippen LogP contribution is 2.35. The topological polar surface area (TPSA) is 74.3 Å². The molecule has 0 radical (unpaired) electrons. The van der Waals surface area contributed by atoms with Crippen LogP contribution in [-0.2, 0) is 21.0 Å². The number of allylic oxidation sites excluding steroid dienone is 1. The van der Waals surface area contributed by atoms with Crippen molar-refractivity contribution >= 4 is 44.6 Å². The van der Waals surface area contributed by atoms with E-state index in [-0.39, 0.29) is 11.8 Å². The van der Waals surface area contributed by atoms with Gasteiger partial charge < -0.3 is 10.6 Å². The Labute approximate surface area is 240 Å². The van der Waals surface area contributed by atoms with E-state index in [0.717, 1.165) is 38.0 Å². The molecule has 1 aliphatic heterocycles. The molecule has 40 heavy (non-hydrogen) atoms. The smallest absolute Gasteiger partial charge is 0.243 e.